The first-order valence-corrected chi connectivity index (χ1v) is 5.65. The molecule has 0 heterocycles. The highest BCUT2D eigenvalue weighted by molar-refractivity contribution is 5.75. The number of methoxy groups -OCH3 is 1. The van der Waals surface area contributed by atoms with Gasteiger partial charge in [-0.3, -0.25) is 4.79 Å². The van der Waals surface area contributed by atoms with Crippen LogP contribution in [-0.2, 0) is 16.0 Å². The Morgan fingerprint density at radius 1 is 1.39 bits per heavy atom. The van der Waals surface area contributed by atoms with Crippen LogP contribution in [0.5, 0.6) is 0 Å². The highest BCUT2D eigenvalue weighted by Crippen LogP contribution is 2.25. The number of likely N-dealkylation sites (N-methyl/N-ethyl adjacent to an activating group) is 1. The van der Waals surface area contributed by atoms with Gasteiger partial charge in [-0.2, -0.15) is 0 Å². The van der Waals surface area contributed by atoms with Gasteiger partial charge in [-0.05, 0) is 12.6 Å². The first-order chi connectivity index (χ1) is 8.48. The highest BCUT2D eigenvalue weighted by Gasteiger charge is 2.35. The van der Waals surface area contributed by atoms with Gasteiger partial charge < -0.3 is 10.1 Å². The fourth-order valence-corrected chi connectivity index (χ4v) is 1.71. The van der Waals surface area contributed by atoms with Gasteiger partial charge in [0.05, 0.1) is 7.11 Å². The van der Waals surface area contributed by atoms with E-state index in [-0.39, 0.29) is 6.42 Å². The van der Waals surface area contributed by atoms with Crippen LogP contribution in [0.3, 0.4) is 0 Å². The minimum Gasteiger partial charge on any atom is -0.468 e. The average Bonchev–Trinajstić information content (AvgIpc) is 2.35. The van der Waals surface area contributed by atoms with Crippen LogP contribution in [0.25, 0.3) is 0 Å². The quantitative estimate of drug-likeness (QED) is 0.792. The fraction of sp³-hybridized carbons (Fsp3) is 0.462. The SMILES string of the molecule is CNC(CC(F)(F)Cc1ccccc1)C(=O)OC. The number of carbonyl (C=O) groups is 1. The summed E-state index contributed by atoms with van der Waals surface area (Å²) < 4.78 is 32.1. The minimum atomic E-state index is -2.96. The van der Waals surface area contributed by atoms with E-state index in [4.69, 9.17) is 0 Å². The number of hydrogen-bond donors (Lipinski definition) is 1. The molecule has 0 aromatic heterocycles. The molecule has 100 valence electrons. The van der Waals surface area contributed by atoms with E-state index in [1.807, 2.05) is 0 Å². The first-order valence-electron chi connectivity index (χ1n) is 5.65. The van der Waals surface area contributed by atoms with Gasteiger partial charge in [0.15, 0.2) is 0 Å². The van der Waals surface area contributed by atoms with Gasteiger partial charge in [0, 0.05) is 12.8 Å². The summed E-state index contributed by atoms with van der Waals surface area (Å²) >= 11 is 0. The molecule has 1 N–H and O–H groups in total. The Bertz CT molecular complexity index is 382. The molecule has 0 fully saturated rings. The second kappa shape index (κ2) is 6.44. The number of rotatable bonds is 6. The molecule has 1 rings (SSSR count). The Kier molecular flexibility index (Phi) is 5.22. The van der Waals surface area contributed by atoms with Crippen molar-refractivity contribution in [2.45, 2.75) is 24.8 Å². The summed E-state index contributed by atoms with van der Waals surface area (Å²) in [4.78, 5) is 11.3. The summed E-state index contributed by atoms with van der Waals surface area (Å²) in [6.07, 6.45) is -0.964. The van der Waals surface area contributed by atoms with Crippen molar-refractivity contribution in [2.24, 2.45) is 0 Å². The van der Waals surface area contributed by atoms with Gasteiger partial charge in [0.1, 0.15) is 6.04 Å². The van der Waals surface area contributed by atoms with Crippen molar-refractivity contribution in [1.29, 1.82) is 0 Å². The van der Waals surface area contributed by atoms with Crippen molar-refractivity contribution in [3.05, 3.63) is 35.9 Å². The van der Waals surface area contributed by atoms with Crippen LogP contribution in [0, 0.1) is 0 Å². The molecule has 3 nitrogen and oxygen atoms in total. The molecular weight excluding hydrogens is 240 g/mol. The molecule has 0 saturated carbocycles. The number of hydrogen-bond acceptors (Lipinski definition) is 3. The maximum atomic E-state index is 13.8. The number of carbonyl (C=O) groups excluding carboxylic acids is 1. The highest BCUT2D eigenvalue weighted by atomic mass is 19.3. The van der Waals surface area contributed by atoms with Crippen molar-refractivity contribution in [3.8, 4) is 0 Å². The Morgan fingerprint density at radius 2 is 2.00 bits per heavy atom. The summed E-state index contributed by atoms with van der Waals surface area (Å²) in [6, 6.07) is 7.48. The zero-order chi connectivity index (χ0) is 13.6. The Hall–Kier alpha value is -1.49. The maximum absolute atomic E-state index is 13.8. The molecule has 0 bridgehead atoms. The largest absolute Gasteiger partial charge is 0.468 e. The molecular formula is C13H17F2NO2. The third kappa shape index (κ3) is 4.41. The summed E-state index contributed by atoms with van der Waals surface area (Å²) in [7, 11) is 2.64. The van der Waals surface area contributed by atoms with E-state index >= 15 is 0 Å². The predicted molar refractivity (Wildman–Crippen MR) is 64.6 cm³/mol. The number of ether oxygens (including phenoxy) is 1. The molecule has 0 aliphatic carbocycles. The fourth-order valence-electron chi connectivity index (χ4n) is 1.71. The third-order valence-electron chi connectivity index (χ3n) is 2.64. The van der Waals surface area contributed by atoms with Crippen molar-refractivity contribution >= 4 is 5.97 Å². The van der Waals surface area contributed by atoms with Gasteiger partial charge in [0.25, 0.3) is 5.92 Å². The lowest BCUT2D eigenvalue weighted by Gasteiger charge is -2.21. The Morgan fingerprint density at radius 3 is 2.50 bits per heavy atom. The second-order valence-electron chi connectivity index (χ2n) is 4.09. The van der Waals surface area contributed by atoms with Crippen LogP contribution in [0.1, 0.15) is 12.0 Å². The Labute approximate surface area is 105 Å². The van der Waals surface area contributed by atoms with Crippen molar-refractivity contribution in [3.63, 3.8) is 0 Å². The number of benzene rings is 1. The summed E-state index contributed by atoms with van der Waals surface area (Å²) in [5, 5.41) is 2.54. The zero-order valence-corrected chi connectivity index (χ0v) is 10.5. The van der Waals surface area contributed by atoms with Crippen LogP contribution < -0.4 is 5.32 Å². The molecule has 0 spiro atoms. The summed E-state index contributed by atoms with van der Waals surface area (Å²) in [5.41, 5.74) is 0.544. The second-order valence-corrected chi connectivity index (χ2v) is 4.09. The molecule has 0 aliphatic rings. The number of esters is 1. The molecule has 0 amide bonds. The van der Waals surface area contributed by atoms with Crippen LogP contribution in [0.15, 0.2) is 30.3 Å². The van der Waals surface area contributed by atoms with E-state index in [1.54, 1.807) is 30.3 Å². The van der Waals surface area contributed by atoms with Crippen LogP contribution in [0.2, 0.25) is 0 Å². The topological polar surface area (TPSA) is 38.3 Å². The molecule has 1 atom stereocenters. The van der Waals surface area contributed by atoms with E-state index < -0.39 is 24.4 Å². The predicted octanol–water partition coefficient (Wildman–Crippen LogP) is 2.02. The van der Waals surface area contributed by atoms with E-state index in [1.165, 1.54) is 14.2 Å². The molecule has 1 aromatic carbocycles. The smallest absolute Gasteiger partial charge is 0.323 e. The lowest BCUT2D eigenvalue weighted by Crippen LogP contribution is -2.40. The summed E-state index contributed by atoms with van der Waals surface area (Å²) in [5.74, 6) is -3.63. The van der Waals surface area contributed by atoms with Crippen LogP contribution in [0.4, 0.5) is 8.78 Å². The van der Waals surface area contributed by atoms with Crippen molar-refractivity contribution < 1.29 is 18.3 Å². The lowest BCUT2D eigenvalue weighted by molar-refractivity contribution is -0.145. The van der Waals surface area contributed by atoms with E-state index in [0.717, 1.165) is 0 Å². The Balaban J connectivity index is 2.66. The zero-order valence-electron chi connectivity index (χ0n) is 10.5. The van der Waals surface area contributed by atoms with Crippen LogP contribution in [-0.4, -0.2) is 32.1 Å². The standard InChI is InChI=1S/C13H17F2NO2/c1-16-11(12(17)18-2)9-13(14,15)8-10-6-4-3-5-7-10/h3-7,11,16H,8-9H2,1-2H3. The first kappa shape index (κ1) is 14.6. The van der Waals surface area contributed by atoms with E-state index in [0.29, 0.717) is 5.56 Å². The van der Waals surface area contributed by atoms with Gasteiger partial charge in [0.2, 0.25) is 0 Å². The summed E-state index contributed by atoms with van der Waals surface area (Å²) in [6.45, 7) is 0. The monoisotopic (exact) mass is 257 g/mol. The van der Waals surface area contributed by atoms with Gasteiger partial charge >= 0.3 is 5.97 Å². The third-order valence-corrected chi connectivity index (χ3v) is 2.64. The maximum Gasteiger partial charge on any atom is 0.323 e. The number of nitrogens with one attached hydrogen (secondary N) is 1. The molecule has 1 aromatic rings. The lowest BCUT2D eigenvalue weighted by atomic mass is 10.0. The number of halogens is 2. The minimum absolute atomic E-state index is 0.386. The number of alkyl halides is 2. The molecule has 0 aliphatic heterocycles. The van der Waals surface area contributed by atoms with Crippen molar-refractivity contribution in [2.75, 3.05) is 14.2 Å². The molecule has 18 heavy (non-hydrogen) atoms. The van der Waals surface area contributed by atoms with Gasteiger partial charge in [-0.1, -0.05) is 30.3 Å². The van der Waals surface area contributed by atoms with Crippen LogP contribution >= 0.6 is 0 Å². The normalized spacial score (nSPS) is 13.1. The molecule has 0 saturated heterocycles. The van der Waals surface area contributed by atoms with E-state index in [2.05, 4.69) is 10.1 Å². The van der Waals surface area contributed by atoms with Gasteiger partial charge in [-0.25, -0.2) is 8.78 Å². The van der Waals surface area contributed by atoms with Crippen molar-refractivity contribution in [1.82, 2.24) is 5.32 Å². The molecule has 0 radical (unpaired) electrons. The molecule has 5 heteroatoms. The van der Waals surface area contributed by atoms with E-state index in [9.17, 15) is 13.6 Å². The average molecular weight is 257 g/mol. The molecule has 1 unspecified atom stereocenters. The van der Waals surface area contributed by atoms with Gasteiger partial charge in [-0.15, -0.1) is 0 Å².